The minimum absolute atomic E-state index is 0.264. The Morgan fingerprint density at radius 1 is 1.25 bits per heavy atom. The second kappa shape index (κ2) is 6.85. The maximum Gasteiger partial charge on any atom is 0.271 e. The van der Waals surface area contributed by atoms with Crippen LogP contribution in [0.3, 0.4) is 0 Å². The van der Waals surface area contributed by atoms with E-state index in [0.717, 1.165) is 43.0 Å². The predicted octanol–water partition coefficient (Wildman–Crippen LogP) is 3.58. The number of nitrogens with one attached hydrogen (secondary N) is 1. The smallest absolute Gasteiger partial charge is 0.271 e. The van der Waals surface area contributed by atoms with E-state index < -0.39 is 5.54 Å². The van der Waals surface area contributed by atoms with Crippen LogP contribution in [-0.4, -0.2) is 16.4 Å². The van der Waals surface area contributed by atoms with Crippen molar-refractivity contribution in [2.75, 3.05) is 0 Å². The summed E-state index contributed by atoms with van der Waals surface area (Å²) in [6.07, 6.45) is 8.52. The first kappa shape index (κ1) is 15.0. The van der Waals surface area contributed by atoms with Crippen molar-refractivity contribution in [3.63, 3.8) is 0 Å². The highest BCUT2D eigenvalue weighted by atomic mass is 79.9. The van der Waals surface area contributed by atoms with Gasteiger partial charge in [-0.2, -0.15) is 5.26 Å². The average Bonchev–Trinajstić information content (AvgIpc) is 2.43. The minimum Gasteiger partial charge on any atom is -0.332 e. The molecule has 1 aliphatic rings. The Morgan fingerprint density at radius 2 is 1.90 bits per heavy atom. The van der Waals surface area contributed by atoms with Gasteiger partial charge in [-0.05, 0) is 40.9 Å². The van der Waals surface area contributed by atoms with Crippen LogP contribution < -0.4 is 5.32 Å². The van der Waals surface area contributed by atoms with E-state index in [4.69, 9.17) is 0 Å². The Kier molecular flexibility index (Phi) is 5.13. The Bertz CT molecular complexity index is 499. The number of carbonyl (C=O) groups excluding carboxylic acids is 1. The minimum atomic E-state index is -0.730. The summed E-state index contributed by atoms with van der Waals surface area (Å²) in [6.45, 7) is 0. The molecule has 1 amide bonds. The van der Waals surface area contributed by atoms with E-state index in [2.05, 4.69) is 32.3 Å². The highest BCUT2D eigenvalue weighted by molar-refractivity contribution is 9.10. The van der Waals surface area contributed by atoms with Crippen molar-refractivity contribution < 1.29 is 4.79 Å². The molecule has 0 aromatic carbocycles. The molecule has 0 aliphatic heterocycles. The molecule has 1 heterocycles. The number of nitrogens with zero attached hydrogens (tertiary/aromatic N) is 2. The molecule has 2 rings (SSSR count). The van der Waals surface area contributed by atoms with E-state index in [9.17, 15) is 10.1 Å². The second-order valence-electron chi connectivity index (χ2n) is 5.28. The van der Waals surface area contributed by atoms with Crippen LogP contribution in [0, 0.1) is 11.3 Å². The summed E-state index contributed by atoms with van der Waals surface area (Å²) in [5.74, 6) is -0.264. The summed E-state index contributed by atoms with van der Waals surface area (Å²) >= 11 is 3.29. The molecule has 1 aromatic rings. The van der Waals surface area contributed by atoms with Gasteiger partial charge in [-0.15, -0.1) is 0 Å². The molecule has 5 heteroatoms. The van der Waals surface area contributed by atoms with Crippen LogP contribution in [0.1, 0.15) is 55.4 Å². The van der Waals surface area contributed by atoms with Crippen LogP contribution in [0.5, 0.6) is 0 Å². The number of carbonyl (C=O) groups is 1. The van der Waals surface area contributed by atoms with Gasteiger partial charge in [0.05, 0.1) is 6.07 Å². The molecule has 0 saturated heterocycles. The van der Waals surface area contributed by atoms with Gasteiger partial charge >= 0.3 is 0 Å². The van der Waals surface area contributed by atoms with Crippen molar-refractivity contribution in [1.29, 1.82) is 5.26 Å². The van der Waals surface area contributed by atoms with Crippen molar-refractivity contribution in [1.82, 2.24) is 10.3 Å². The molecule has 0 unspecified atom stereocenters. The number of rotatable bonds is 2. The van der Waals surface area contributed by atoms with Gasteiger partial charge in [0.25, 0.3) is 5.91 Å². The molecule has 0 atom stereocenters. The fourth-order valence-corrected chi connectivity index (χ4v) is 2.80. The standard InChI is InChI=1S/C15H18BrN3O/c16-12-6-7-13(18-10-12)14(20)19-15(11-17)8-4-2-1-3-5-9-15/h6-7,10H,1-5,8-9H2,(H,19,20). The molecule has 4 nitrogen and oxygen atoms in total. The summed E-state index contributed by atoms with van der Waals surface area (Å²) < 4.78 is 0.829. The van der Waals surface area contributed by atoms with E-state index in [1.807, 2.05) is 0 Å². The molecule has 1 saturated carbocycles. The lowest BCUT2D eigenvalue weighted by Crippen LogP contribution is -2.48. The third kappa shape index (κ3) is 3.80. The fraction of sp³-hybridized carbons (Fsp3) is 0.533. The van der Waals surface area contributed by atoms with Crippen molar-refractivity contribution in [3.05, 3.63) is 28.5 Å². The summed E-state index contributed by atoms with van der Waals surface area (Å²) in [5.41, 5.74) is -0.378. The number of halogens is 1. The normalized spacial score (nSPS) is 18.4. The first-order valence-corrected chi connectivity index (χ1v) is 7.80. The summed E-state index contributed by atoms with van der Waals surface area (Å²) in [4.78, 5) is 16.3. The molecule has 1 fully saturated rings. The van der Waals surface area contributed by atoms with Gasteiger partial charge in [0.15, 0.2) is 0 Å². The molecule has 0 radical (unpaired) electrons. The number of amides is 1. The zero-order valence-electron chi connectivity index (χ0n) is 11.4. The third-order valence-electron chi connectivity index (χ3n) is 3.73. The predicted molar refractivity (Wildman–Crippen MR) is 80.1 cm³/mol. The highest BCUT2D eigenvalue weighted by Gasteiger charge is 2.32. The topological polar surface area (TPSA) is 65.8 Å². The average molecular weight is 336 g/mol. The van der Waals surface area contributed by atoms with Gasteiger partial charge in [-0.1, -0.05) is 32.1 Å². The summed E-state index contributed by atoms with van der Waals surface area (Å²) in [7, 11) is 0. The SMILES string of the molecule is N#CC1(NC(=O)c2ccc(Br)cn2)CCCCCCC1. The summed E-state index contributed by atoms with van der Waals surface area (Å²) in [5, 5.41) is 12.4. The Hall–Kier alpha value is -1.41. The molecule has 0 bridgehead atoms. The third-order valence-corrected chi connectivity index (χ3v) is 4.20. The molecule has 1 N–H and O–H groups in total. The molecular weight excluding hydrogens is 318 g/mol. The molecule has 106 valence electrons. The molecule has 0 spiro atoms. The van der Waals surface area contributed by atoms with Crippen molar-refractivity contribution in [3.8, 4) is 6.07 Å². The maximum absolute atomic E-state index is 12.2. The molecular formula is C15H18BrN3O. The second-order valence-corrected chi connectivity index (χ2v) is 6.19. The first-order chi connectivity index (χ1) is 9.65. The number of hydrogen-bond donors (Lipinski definition) is 1. The van der Waals surface area contributed by atoms with Crippen LogP contribution in [-0.2, 0) is 0 Å². The lowest BCUT2D eigenvalue weighted by molar-refractivity contribution is 0.0902. The van der Waals surface area contributed by atoms with Gasteiger partial charge in [-0.3, -0.25) is 4.79 Å². The first-order valence-electron chi connectivity index (χ1n) is 7.00. The lowest BCUT2D eigenvalue weighted by atomic mass is 9.85. The summed E-state index contributed by atoms with van der Waals surface area (Å²) in [6, 6.07) is 5.77. The van der Waals surface area contributed by atoms with Crippen LogP contribution in [0.15, 0.2) is 22.8 Å². The monoisotopic (exact) mass is 335 g/mol. The fourth-order valence-electron chi connectivity index (χ4n) is 2.57. The van der Waals surface area contributed by atoms with Crippen LogP contribution in [0.2, 0.25) is 0 Å². The van der Waals surface area contributed by atoms with Gasteiger partial charge in [0.1, 0.15) is 11.2 Å². The van der Waals surface area contributed by atoms with Crippen LogP contribution in [0.25, 0.3) is 0 Å². The van der Waals surface area contributed by atoms with E-state index in [1.54, 1.807) is 18.3 Å². The van der Waals surface area contributed by atoms with Gasteiger partial charge in [0, 0.05) is 10.7 Å². The Morgan fingerprint density at radius 3 is 2.45 bits per heavy atom. The Labute approximate surface area is 127 Å². The van der Waals surface area contributed by atoms with E-state index in [-0.39, 0.29) is 5.91 Å². The maximum atomic E-state index is 12.2. The number of pyridine rings is 1. The van der Waals surface area contributed by atoms with Gasteiger partial charge < -0.3 is 5.32 Å². The Balaban J connectivity index is 2.10. The van der Waals surface area contributed by atoms with E-state index in [0.29, 0.717) is 5.69 Å². The van der Waals surface area contributed by atoms with E-state index >= 15 is 0 Å². The molecule has 20 heavy (non-hydrogen) atoms. The van der Waals surface area contributed by atoms with Gasteiger partial charge in [0.2, 0.25) is 0 Å². The number of hydrogen-bond acceptors (Lipinski definition) is 3. The quantitative estimate of drug-likeness (QED) is 0.898. The van der Waals surface area contributed by atoms with Crippen LogP contribution >= 0.6 is 15.9 Å². The largest absolute Gasteiger partial charge is 0.332 e. The van der Waals surface area contributed by atoms with E-state index in [1.165, 1.54) is 6.42 Å². The highest BCUT2D eigenvalue weighted by Crippen LogP contribution is 2.26. The van der Waals surface area contributed by atoms with Crippen molar-refractivity contribution in [2.24, 2.45) is 0 Å². The lowest BCUT2D eigenvalue weighted by Gasteiger charge is -2.29. The zero-order valence-corrected chi connectivity index (χ0v) is 12.9. The van der Waals surface area contributed by atoms with Gasteiger partial charge in [-0.25, -0.2) is 4.98 Å². The number of aromatic nitrogens is 1. The number of nitriles is 1. The van der Waals surface area contributed by atoms with Crippen molar-refractivity contribution in [2.45, 2.75) is 50.5 Å². The molecule has 1 aromatic heterocycles. The molecule has 1 aliphatic carbocycles. The van der Waals surface area contributed by atoms with Crippen LogP contribution in [0.4, 0.5) is 0 Å². The van der Waals surface area contributed by atoms with Crippen molar-refractivity contribution >= 4 is 21.8 Å². The zero-order chi connectivity index (χ0) is 14.4.